The lowest BCUT2D eigenvalue weighted by molar-refractivity contribution is -0.139. The van der Waals surface area contributed by atoms with E-state index >= 15 is 0 Å². The van der Waals surface area contributed by atoms with Gasteiger partial charge in [-0.1, -0.05) is 48.0 Å². The number of anilines is 1. The van der Waals surface area contributed by atoms with E-state index in [0.29, 0.717) is 16.3 Å². The molecule has 0 aliphatic carbocycles. The Morgan fingerprint density at radius 3 is 2.42 bits per heavy atom. The van der Waals surface area contributed by atoms with Crippen LogP contribution in [0, 0.1) is 0 Å². The Bertz CT molecular complexity index is 1170. The summed E-state index contributed by atoms with van der Waals surface area (Å²) in [6.45, 7) is 1.75. The van der Waals surface area contributed by atoms with Crippen LogP contribution in [-0.2, 0) is 16.1 Å². The van der Waals surface area contributed by atoms with Gasteiger partial charge in [0.1, 0.15) is 12.6 Å². The number of nitrogens with zero attached hydrogens (tertiary/aromatic N) is 2. The summed E-state index contributed by atoms with van der Waals surface area (Å²) in [5.74, 6) is -0.802. The van der Waals surface area contributed by atoms with Crippen LogP contribution in [0.25, 0.3) is 10.8 Å². The molecule has 4 rings (SSSR count). The first-order chi connectivity index (χ1) is 14.9. The molecule has 3 amide bonds. The number of amides is 3. The summed E-state index contributed by atoms with van der Waals surface area (Å²) in [5.41, 5.74) is 2.14. The Hall–Kier alpha value is -3.38. The molecule has 0 fully saturated rings. The van der Waals surface area contributed by atoms with Crippen LogP contribution in [-0.4, -0.2) is 42.3 Å². The zero-order chi connectivity index (χ0) is 22.1. The van der Waals surface area contributed by atoms with E-state index in [1.807, 2.05) is 42.5 Å². The zero-order valence-electron chi connectivity index (χ0n) is 17.3. The van der Waals surface area contributed by atoms with Crippen molar-refractivity contribution in [2.24, 2.45) is 0 Å². The highest BCUT2D eigenvalue weighted by Crippen LogP contribution is 2.37. The van der Waals surface area contributed by atoms with E-state index in [9.17, 15) is 14.4 Å². The molecule has 0 bridgehead atoms. The third-order valence-corrected chi connectivity index (χ3v) is 5.87. The monoisotopic (exact) mass is 435 g/mol. The summed E-state index contributed by atoms with van der Waals surface area (Å²) in [6.07, 6.45) is 0. The quantitative estimate of drug-likeness (QED) is 0.643. The van der Waals surface area contributed by atoms with Crippen molar-refractivity contribution in [2.75, 3.05) is 18.5 Å². The van der Waals surface area contributed by atoms with Crippen molar-refractivity contribution >= 4 is 45.8 Å². The SMILES string of the molecule is CNC(=O)[C@H](C)N(Cc1ccc(Cl)cc1)C(=O)CN1C(=O)c2cccc3cccc1c23. The smallest absolute Gasteiger partial charge is 0.259 e. The van der Waals surface area contributed by atoms with Crippen LogP contribution in [0.4, 0.5) is 5.69 Å². The highest BCUT2D eigenvalue weighted by Gasteiger charge is 2.34. The molecule has 6 nitrogen and oxygen atoms in total. The minimum atomic E-state index is -0.705. The van der Waals surface area contributed by atoms with Gasteiger partial charge in [0.15, 0.2) is 0 Å². The van der Waals surface area contributed by atoms with Crippen LogP contribution >= 0.6 is 11.6 Å². The molecule has 0 radical (unpaired) electrons. The van der Waals surface area contributed by atoms with E-state index in [4.69, 9.17) is 11.6 Å². The van der Waals surface area contributed by atoms with Gasteiger partial charge in [-0.25, -0.2) is 0 Å². The van der Waals surface area contributed by atoms with E-state index in [2.05, 4.69) is 5.32 Å². The van der Waals surface area contributed by atoms with Gasteiger partial charge in [-0.05, 0) is 42.1 Å². The molecule has 1 aliphatic rings. The number of benzene rings is 3. The van der Waals surface area contributed by atoms with Gasteiger partial charge in [0.05, 0.1) is 5.69 Å². The molecule has 0 spiro atoms. The standard InChI is InChI=1S/C24H22ClN3O3/c1-15(23(30)26-2)27(13-16-9-11-18(25)12-10-16)21(29)14-28-20-8-4-6-17-5-3-7-19(22(17)20)24(28)31/h3-12,15H,13-14H2,1-2H3,(H,26,30)/t15-/m0/s1. The predicted molar refractivity (Wildman–Crippen MR) is 121 cm³/mol. The fraction of sp³-hybridized carbons (Fsp3) is 0.208. The molecule has 3 aromatic carbocycles. The van der Waals surface area contributed by atoms with Crippen molar-refractivity contribution in [3.05, 3.63) is 76.8 Å². The van der Waals surface area contributed by atoms with Crippen molar-refractivity contribution < 1.29 is 14.4 Å². The summed E-state index contributed by atoms with van der Waals surface area (Å²) in [7, 11) is 1.53. The lowest BCUT2D eigenvalue weighted by atomic mass is 10.1. The number of nitrogens with one attached hydrogen (secondary N) is 1. The van der Waals surface area contributed by atoms with Gasteiger partial charge in [-0.3, -0.25) is 19.3 Å². The largest absolute Gasteiger partial charge is 0.357 e. The van der Waals surface area contributed by atoms with Crippen molar-refractivity contribution in [1.29, 1.82) is 0 Å². The maximum Gasteiger partial charge on any atom is 0.259 e. The van der Waals surface area contributed by atoms with Gasteiger partial charge in [0.2, 0.25) is 11.8 Å². The first kappa shape index (κ1) is 20.9. The lowest BCUT2D eigenvalue weighted by Crippen LogP contribution is -2.50. The van der Waals surface area contributed by atoms with Crippen molar-refractivity contribution in [3.8, 4) is 0 Å². The molecule has 1 aliphatic heterocycles. The molecule has 7 heteroatoms. The number of halogens is 1. The fourth-order valence-corrected chi connectivity index (χ4v) is 4.07. The van der Waals surface area contributed by atoms with Crippen LogP contribution in [0.2, 0.25) is 5.02 Å². The van der Waals surface area contributed by atoms with E-state index in [1.165, 1.54) is 16.8 Å². The van der Waals surface area contributed by atoms with Crippen molar-refractivity contribution in [3.63, 3.8) is 0 Å². The van der Waals surface area contributed by atoms with Crippen LogP contribution in [0.3, 0.4) is 0 Å². The number of hydrogen-bond donors (Lipinski definition) is 1. The zero-order valence-corrected chi connectivity index (χ0v) is 18.0. The van der Waals surface area contributed by atoms with Crippen LogP contribution < -0.4 is 10.2 Å². The molecule has 1 atom stereocenters. The van der Waals surface area contributed by atoms with E-state index in [0.717, 1.165) is 16.3 Å². The number of carbonyl (C=O) groups is 3. The summed E-state index contributed by atoms with van der Waals surface area (Å²) in [4.78, 5) is 41.7. The second kappa shape index (κ2) is 8.40. The molecule has 31 heavy (non-hydrogen) atoms. The van der Waals surface area contributed by atoms with Gasteiger partial charge >= 0.3 is 0 Å². The molecule has 0 unspecified atom stereocenters. The molecule has 1 heterocycles. The fourth-order valence-electron chi connectivity index (χ4n) is 3.94. The number of carbonyl (C=O) groups excluding carboxylic acids is 3. The molecular weight excluding hydrogens is 414 g/mol. The Labute approximate surface area is 185 Å². The topological polar surface area (TPSA) is 69.7 Å². The average molecular weight is 436 g/mol. The third-order valence-electron chi connectivity index (χ3n) is 5.62. The van der Waals surface area contributed by atoms with E-state index in [-0.39, 0.29) is 30.8 Å². The normalized spacial score (nSPS) is 13.4. The second-order valence-corrected chi connectivity index (χ2v) is 7.95. The van der Waals surface area contributed by atoms with E-state index < -0.39 is 6.04 Å². The first-order valence-corrected chi connectivity index (χ1v) is 10.4. The Balaban J connectivity index is 1.63. The minimum Gasteiger partial charge on any atom is -0.357 e. The predicted octanol–water partition coefficient (Wildman–Crippen LogP) is 3.62. The highest BCUT2D eigenvalue weighted by atomic mass is 35.5. The summed E-state index contributed by atoms with van der Waals surface area (Å²) < 4.78 is 0. The van der Waals surface area contributed by atoms with Crippen LogP contribution in [0.5, 0.6) is 0 Å². The summed E-state index contributed by atoms with van der Waals surface area (Å²) in [5, 5.41) is 4.99. The Kier molecular flexibility index (Phi) is 5.65. The van der Waals surface area contributed by atoms with Crippen molar-refractivity contribution in [2.45, 2.75) is 19.5 Å². The molecule has 0 aromatic heterocycles. The molecular formula is C24H22ClN3O3. The molecule has 3 aromatic rings. The van der Waals surface area contributed by atoms with Gasteiger partial charge in [0.25, 0.3) is 5.91 Å². The number of rotatable bonds is 6. The lowest BCUT2D eigenvalue weighted by Gasteiger charge is -2.30. The average Bonchev–Trinajstić information content (AvgIpc) is 3.05. The molecule has 0 saturated carbocycles. The Morgan fingerprint density at radius 1 is 1.06 bits per heavy atom. The van der Waals surface area contributed by atoms with Crippen LogP contribution in [0.1, 0.15) is 22.8 Å². The summed E-state index contributed by atoms with van der Waals surface area (Å²) in [6, 6.07) is 17.6. The second-order valence-electron chi connectivity index (χ2n) is 7.51. The van der Waals surface area contributed by atoms with Gasteiger partial charge in [-0.15, -0.1) is 0 Å². The Morgan fingerprint density at radius 2 is 1.74 bits per heavy atom. The first-order valence-electron chi connectivity index (χ1n) is 10.00. The molecule has 158 valence electrons. The van der Waals surface area contributed by atoms with Gasteiger partial charge in [0, 0.05) is 29.6 Å². The van der Waals surface area contributed by atoms with Gasteiger partial charge < -0.3 is 10.2 Å². The molecule has 0 saturated heterocycles. The highest BCUT2D eigenvalue weighted by molar-refractivity contribution is 6.30. The number of hydrogen-bond acceptors (Lipinski definition) is 3. The third kappa shape index (κ3) is 3.86. The minimum absolute atomic E-state index is 0.151. The maximum atomic E-state index is 13.4. The van der Waals surface area contributed by atoms with E-state index in [1.54, 1.807) is 25.1 Å². The molecule has 1 N–H and O–H groups in total. The van der Waals surface area contributed by atoms with Crippen molar-refractivity contribution in [1.82, 2.24) is 10.2 Å². The van der Waals surface area contributed by atoms with Gasteiger partial charge in [-0.2, -0.15) is 0 Å². The maximum absolute atomic E-state index is 13.4. The van der Waals surface area contributed by atoms with Crippen LogP contribution in [0.15, 0.2) is 60.7 Å². The summed E-state index contributed by atoms with van der Waals surface area (Å²) >= 11 is 5.97. The number of likely N-dealkylation sites (N-methyl/N-ethyl adjacent to an activating group) is 1.